The van der Waals surface area contributed by atoms with Crippen molar-refractivity contribution in [2.24, 2.45) is 0 Å². The summed E-state index contributed by atoms with van der Waals surface area (Å²) < 4.78 is 13.9. The number of anilines is 1. The van der Waals surface area contributed by atoms with Crippen molar-refractivity contribution in [3.8, 4) is 33.8 Å². The summed E-state index contributed by atoms with van der Waals surface area (Å²) in [6, 6.07) is 14.9. The van der Waals surface area contributed by atoms with E-state index < -0.39 is 0 Å². The van der Waals surface area contributed by atoms with E-state index in [1.54, 1.807) is 18.5 Å². The molecular weight excluding hydrogens is 453 g/mol. The van der Waals surface area contributed by atoms with Crippen LogP contribution in [-0.2, 0) is 0 Å². The highest BCUT2D eigenvalue weighted by atomic mass is 19.1. The van der Waals surface area contributed by atoms with Gasteiger partial charge in [-0.1, -0.05) is 18.2 Å². The molecular formula is C28H22FN7. The van der Waals surface area contributed by atoms with Crippen LogP contribution in [0.3, 0.4) is 0 Å². The summed E-state index contributed by atoms with van der Waals surface area (Å²) >= 11 is 0. The molecule has 2 aromatic carbocycles. The fourth-order valence-corrected chi connectivity index (χ4v) is 5.02. The number of hydrogen-bond acceptors (Lipinski definition) is 5. The van der Waals surface area contributed by atoms with Gasteiger partial charge in [0.2, 0.25) is 0 Å². The SMILES string of the molecule is Fc1cccc(-c2cncc3[nH]c(-c4n[nH]c5ccc(-c6cncc(N7CCCC7)c6)cc45)nc23)c1. The van der Waals surface area contributed by atoms with E-state index in [9.17, 15) is 4.39 Å². The van der Waals surface area contributed by atoms with Gasteiger partial charge in [0.05, 0.1) is 34.6 Å². The molecule has 6 aromatic rings. The van der Waals surface area contributed by atoms with Crippen LogP contribution in [0.2, 0.25) is 0 Å². The number of nitrogens with zero attached hydrogens (tertiary/aromatic N) is 5. The molecule has 1 fully saturated rings. The number of H-pyrrole nitrogens is 2. The Bertz CT molecular complexity index is 1730. The van der Waals surface area contributed by atoms with Crippen molar-refractivity contribution < 1.29 is 4.39 Å². The largest absolute Gasteiger partial charge is 0.370 e. The minimum Gasteiger partial charge on any atom is -0.370 e. The van der Waals surface area contributed by atoms with Crippen molar-refractivity contribution in [1.82, 2.24) is 30.1 Å². The van der Waals surface area contributed by atoms with Gasteiger partial charge in [-0.3, -0.25) is 15.1 Å². The van der Waals surface area contributed by atoms with E-state index in [2.05, 4.69) is 48.2 Å². The van der Waals surface area contributed by atoms with Gasteiger partial charge in [-0.15, -0.1) is 0 Å². The van der Waals surface area contributed by atoms with Crippen LogP contribution in [0.4, 0.5) is 10.1 Å². The Kier molecular flexibility index (Phi) is 4.77. The van der Waals surface area contributed by atoms with Crippen LogP contribution < -0.4 is 4.90 Å². The third-order valence-corrected chi connectivity index (χ3v) is 6.85. The molecule has 1 saturated heterocycles. The summed E-state index contributed by atoms with van der Waals surface area (Å²) in [7, 11) is 0. The maximum absolute atomic E-state index is 13.9. The van der Waals surface area contributed by atoms with Crippen LogP contribution in [0.15, 0.2) is 73.3 Å². The number of imidazole rings is 1. The van der Waals surface area contributed by atoms with Crippen LogP contribution in [-0.4, -0.2) is 43.2 Å². The first-order valence-electron chi connectivity index (χ1n) is 12.0. The molecule has 5 heterocycles. The van der Waals surface area contributed by atoms with Crippen LogP contribution in [0.25, 0.3) is 55.7 Å². The number of benzene rings is 2. The Morgan fingerprint density at radius 3 is 2.58 bits per heavy atom. The Labute approximate surface area is 206 Å². The monoisotopic (exact) mass is 475 g/mol. The second-order valence-electron chi connectivity index (χ2n) is 9.14. The lowest BCUT2D eigenvalue weighted by molar-refractivity contribution is 0.628. The fraction of sp³-hybridized carbons (Fsp3) is 0.143. The van der Waals surface area contributed by atoms with E-state index in [1.807, 2.05) is 24.5 Å². The molecule has 0 radical (unpaired) electrons. The van der Waals surface area contributed by atoms with Gasteiger partial charge < -0.3 is 9.88 Å². The predicted molar refractivity (Wildman–Crippen MR) is 139 cm³/mol. The lowest BCUT2D eigenvalue weighted by Gasteiger charge is -2.17. The van der Waals surface area contributed by atoms with E-state index in [0.717, 1.165) is 68.7 Å². The van der Waals surface area contributed by atoms with Crippen LogP contribution in [0.5, 0.6) is 0 Å². The highest BCUT2D eigenvalue weighted by Crippen LogP contribution is 2.33. The number of rotatable bonds is 4. The number of fused-ring (bicyclic) bond motifs is 2. The van der Waals surface area contributed by atoms with Gasteiger partial charge >= 0.3 is 0 Å². The van der Waals surface area contributed by atoms with Gasteiger partial charge in [0.15, 0.2) is 5.82 Å². The number of aromatic nitrogens is 6. The van der Waals surface area contributed by atoms with E-state index in [4.69, 9.17) is 4.98 Å². The summed E-state index contributed by atoms with van der Waals surface area (Å²) in [5.74, 6) is 0.331. The summed E-state index contributed by atoms with van der Waals surface area (Å²) in [6.07, 6.45) is 9.73. The molecule has 36 heavy (non-hydrogen) atoms. The molecule has 8 heteroatoms. The smallest absolute Gasteiger partial charge is 0.159 e. The molecule has 2 N–H and O–H groups in total. The molecule has 0 spiro atoms. The lowest BCUT2D eigenvalue weighted by atomic mass is 10.0. The van der Waals surface area contributed by atoms with Crippen molar-refractivity contribution in [2.45, 2.75) is 12.8 Å². The van der Waals surface area contributed by atoms with Crippen molar-refractivity contribution >= 4 is 27.6 Å². The Hall–Kier alpha value is -4.59. The van der Waals surface area contributed by atoms with E-state index in [-0.39, 0.29) is 5.82 Å². The molecule has 7 nitrogen and oxygen atoms in total. The van der Waals surface area contributed by atoms with Crippen molar-refractivity contribution in [2.75, 3.05) is 18.0 Å². The van der Waals surface area contributed by atoms with Crippen LogP contribution >= 0.6 is 0 Å². The molecule has 1 aliphatic rings. The van der Waals surface area contributed by atoms with Crippen molar-refractivity contribution in [3.05, 3.63) is 79.1 Å². The topological polar surface area (TPSA) is 86.4 Å². The van der Waals surface area contributed by atoms with Crippen molar-refractivity contribution in [1.29, 1.82) is 0 Å². The average molecular weight is 476 g/mol. The molecule has 0 atom stereocenters. The Balaban J connectivity index is 1.32. The molecule has 0 unspecified atom stereocenters. The zero-order valence-electron chi connectivity index (χ0n) is 19.4. The number of hydrogen-bond donors (Lipinski definition) is 2. The summed E-state index contributed by atoms with van der Waals surface area (Å²) in [5, 5.41) is 8.65. The van der Waals surface area contributed by atoms with E-state index in [0.29, 0.717) is 5.82 Å². The molecule has 176 valence electrons. The normalized spacial score (nSPS) is 13.8. The van der Waals surface area contributed by atoms with Gasteiger partial charge in [-0.25, -0.2) is 9.37 Å². The zero-order valence-corrected chi connectivity index (χ0v) is 19.4. The molecule has 7 rings (SSSR count). The number of halogens is 1. The summed E-state index contributed by atoms with van der Waals surface area (Å²) in [5.41, 5.74) is 7.91. The maximum Gasteiger partial charge on any atom is 0.159 e. The standard InChI is InChI=1S/C28H22FN7/c29-20-5-3-4-18(10-20)23-15-31-16-25-26(23)33-28(32-25)27-22-12-17(6-7-24(22)34-35-27)19-11-21(14-30-13-19)36-8-1-2-9-36/h3-7,10-16H,1-2,8-9H2,(H,32,33)(H,34,35). The molecule has 0 bridgehead atoms. The molecule has 4 aromatic heterocycles. The van der Waals surface area contributed by atoms with Crippen molar-refractivity contribution in [3.63, 3.8) is 0 Å². The highest BCUT2D eigenvalue weighted by molar-refractivity contribution is 5.98. The quantitative estimate of drug-likeness (QED) is 0.328. The van der Waals surface area contributed by atoms with E-state index in [1.165, 1.54) is 25.0 Å². The molecule has 0 saturated carbocycles. The first-order chi connectivity index (χ1) is 17.7. The molecule has 0 aliphatic carbocycles. The first kappa shape index (κ1) is 20.8. The second kappa shape index (κ2) is 8.27. The third kappa shape index (κ3) is 3.50. The fourth-order valence-electron chi connectivity index (χ4n) is 5.02. The third-order valence-electron chi connectivity index (χ3n) is 6.85. The van der Waals surface area contributed by atoms with Gasteiger partial charge in [-0.05, 0) is 54.3 Å². The predicted octanol–water partition coefficient (Wildman–Crippen LogP) is 5.97. The van der Waals surface area contributed by atoms with Crippen LogP contribution in [0.1, 0.15) is 12.8 Å². The summed E-state index contributed by atoms with van der Waals surface area (Å²) in [6.45, 7) is 2.16. The summed E-state index contributed by atoms with van der Waals surface area (Å²) in [4.78, 5) is 19.4. The molecule has 1 aliphatic heterocycles. The zero-order chi connectivity index (χ0) is 24.1. The highest BCUT2D eigenvalue weighted by Gasteiger charge is 2.17. The molecule has 0 amide bonds. The number of nitrogens with one attached hydrogen (secondary N) is 2. The second-order valence-corrected chi connectivity index (χ2v) is 9.14. The minimum absolute atomic E-state index is 0.297. The van der Waals surface area contributed by atoms with Crippen LogP contribution in [0, 0.1) is 5.82 Å². The average Bonchev–Trinajstić information content (AvgIpc) is 3.67. The van der Waals surface area contributed by atoms with Gasteiger partial charge in [-0.2, -0.15) is 5.10 Å². The lowest BCUT2D eigenvalue weighted by Crippen LogP contribution is -2.17. The Morgan fingerprint density at radius 1 is 0.806 bits per heavy atom. The minimum atomic E-state index is -0.297. The number of pyridine rings is 2. The first-order valence-corrected chi connectivity index (χ1v) is 12.0. The van der Waals surface area contributed by atoms with Gasteiger partial charge in [0, 0.05) is 42.0 Å². The van der Waals surface area contributed by atoms with Gasteiger partial charge in [0.1, 0.15) is 11.5 Å². The Morgan fingerprint density at radius 2 is 1.69 bits per heavy atom. The van der Waals surface area contributed by atoms with Gasteiger partial charge in [0.25, 0.3) is 0 Å². The van der Waals surface area contributed by atoms with E-state index >= 15 is 0 Å². The number of aromatic amines is 2. The maximum atomic E-state index is 13.9.